The first kappa shape index (κ1) is 20.9. The van der Waals surface area contributed by atoms with Crippen LogP contribution in [-0.2, 0) is 29.1 Å². The van der Waals surface area contributed by atoms with Gasteiger partial charge in [0.1, 0.15) is 6.04 Å². The van der Waals surface area contributed by atoms with Crippen LogP contribution in [0.2, 0.25) is 5.02 Å². The lowest BCUT2D eigenvalue weighted by molar-refractivity contribution is -0.155. The molecule has 0 radical (unpaired) electrons. The van der Waals surface area contributed by atoms with Crippen molar-refractivity contribution in [1.29, 1.82) is 0 Å². The van der Waals surface area contributed by atoms with E-state index >= 15 is 0 Å². The molecule has 0 unspecified atom stereocenters. The maximum atomic E-state index is 12.2. The number of hydrogen-bond donors (Lipinski definition) is 2. The Labute approximate surface area is 149 Å². The van der Waals surface area contributed by atoms with E-state index in [0.717, 1.165) is 7.11 Å². The molecule has 0 saturated heterocycles. The van der Waals surface area contributed by atoms with E-state index < -0.39 is 40.1 Å². The summed E-state index contributed by atoms with van der Waals surface area (Å²) in [6.45, 7) is 2.46. The van der Waals surface area contributed by atoms with Crippen LogP contribution < -0.4 is 10.0 Å². The summed E-state index contributed by atoms with van der Waals surface area (Å²) in [6.07, 6.45) is -2.34. The SMILES string of the molecule is COC(=O)NC(=O)[C@H](C)OC(=O)[C@H](C)NS(=O)(=O)c1cccc(Cl)c1. The third-order valence-electron chi connectivity index (χ3n) is 2.86. The zero-order valence-corrected chi connectivity index (χ0v) is 15.2. The third kappa shape index (κ3) is 6.33. The Hall–Kier alpha value is -2.17. The average Bonchev–Trinajstić information content (AvgIpc) is 2.53. The maximum absolute atomic E-state index is 12.2. The van der Waals surface area contributed by atoms with Crippen LogP contribution in [0.4, 0.5) is 4.79 Å². The molecule has 0 aromatic heterocycles. The summed E-state index contributed by atoms with van der Waals surface area (Å²) in [5, 5.41) is 2.04. The molecule has 1 aromatic rings. The van der Waals surface area contributed by atoms with E-state index in [-0.39, 0.29) is 9.92 Å². The molecule has 2 N–H and O–H groups in total. The van der Waals surface area contributed by atoms with Gasteiger partial charge in [-0.15, -0.1) is 0 Å². The van der Waals surface area contributed by atoms with Gasteiger partial charge in [0.2, 0.25) is 10.0 Å². The highest BCUT2D eigenvalue weighted by molar-refractivity contribution is 7.89. The smallest absolute Gasteiger partial charge is 0.413 e. The van der Waals surface area contributed by atoms with Gasteiger partial charge in [-0.25, -0.2) is 13.2 Å². The standard InChI is InChI=1S/C14H17ClN2O7S/c1-8(13(19)24-9(2)12(18)16-14(20)23-3)17-25(21,22)11-6-4-5-10(15)7-11/h4-9,17H,1-3H3,(H,16,18,20)/t8-,9-/m0/s1. The third-order valence-corrected chi connectivity index (χ3v) is 4.64. The molecule has 1 rings (SSSR count). The normalized spacial score (nSPS) is 13.4. The lowest BCUT2D eigenvalue weighted by Crippen LogP contribution is -2.44. The van der Waals surface area contributed by atoms with Crippen LogP contribution in [0.3, 0.4) is 0 Å². The number of nitrogens with one attached hydrogen (secondary N) is 2. The van der Waals surface area contributed by atoms with Gasteiger partial charge >= 0.3 is 12.1 Å². The van der Waals surface area contributed by atoms with Gasteiger partial charge in [0.05, 0.1) is 12.0 Å². The van der Waals surface area contributed by atoms with Crippen molar-refractivity contribution < 1.29 is 32.3 Å². The van der Waals surface area contributed by atoms with Crippen LogP contribution in [0.15, 0.2) is 29.2 Å². The van der Waals surface area contributed by atoms with Gasteiger partial charge in [0.15, 0.2) is 6.10 Å². The summed E-state index contributed by atoms with van der Waals surface area (Å²) in [7, 11) is -2.95. The summed E-state index contributed by atoms with van der Waals surface area (Å²) < 4.78 is 35.5. The first-order valence-corrected chi connectivity index (χ1v) is 8.80. The van der Waals surface area contributed by atoms with Crippen LogP contribution in [0.5, 0.6) is 0 Å². The number of esters is 1. The average molecular weight is 393 g/mol. The Kier molecular flexibility index (Phi) is 7.34. The largest absolute Gasteiger partial charge is 0.453 e. The van der Waals surface area contributed by atoms with Gasteiger partial charge in [-0.2, -0.15) is 4.72 Å². The number of methoxy groups -OCH3 is 1. The Balaban J connectivity index is 2.70. The second-order valence-corrected chi connectivity index (χ2v) is 7.01. The summed E-state index contributed by atoms with van der Waals surface area (Å²) in [5.74, 6) is -1.91. The molecular weight excluding hydrogens is 376 g/mol. The fourth-order valence-corrected chi connectivity index (χ4v) is 3.06. The number of carbonyl (C=O) groups is 3. The van der Waals surface area contributed by atoms with Crippen LogP contribution >= 0.6 is 11.6 Å². The number of amides is 2. The van der Waals surface area contributed by atoms with Crippen molar-refractivity contribution in [2.75, 3.05) is 7.11 Å². The molecule has 11 heteroatoms. The van der Waals surface area contributed by atoms with E-state index in [1.807, 2.05) is 5.32 Å². The summed E-state index contributed by atoms with van der Waals surface area (Å²) in [4.78, 5) is 34.3. The van der Waals surface area contributed by atoms with Gasteiger partial charge in [0, 0.05) is 5.02 Å². The number of imide groups is 1. The van der Waals surface area contributed by atoms with Gasteiger partial charge in [0.25, 0.3) is 5.91 Å². The van der Waals surface area contributed by atoms with Crippen molar-refractivity contribution in [2.24, 2.45) is 0 Å². The molecule has 2 atom stereocenters. The van der Waals surface area contributed by atoms with E-state index in [1.54, 1.807) is 0 Å². The zero-order chi connectivity index (χ0) is 19.2. The first-order valence-electron chi connectivity index (χ1n) is 6.94. The van der Waals surface area contributed by atoms with Crippen molar-refractivity contribution in [1.82, 2.24) is 10.0 Å². The molecular formula is C14H17ClN2O7S. The second-order valence-electron chi connectivity index (χ2n) is 4.86. The number of rotatable bonds is 6. The highest BCUT2D eigenvalue weighted by atomic mass is 35.5. The van der Waals surface area contributed by atoms with Crippen LogP contribution in [0, 0.1) is 0 Å². The summed E-state index contributed by atoms with van der Waals surface area (Å²) >= 11 is 5.74. The number of ether oxygens (including phenoxy) is 2. The molecule has 0 fully saturated rings. The highest BCUT2D eigenvalue weighted by Crippen LogP contribution is 2.15. The van der Waals surface area contributed by atoms with E-state index in [2.05, 4.69) is 9.46 Å². The molecule has 1 aromatic carbocycles. The summed E-state index contributed by atoms with van der Waals surface area (Å²) in [6, 6.07) is 4.18. The maximum Gasteiger partial charge on any atom is 0.413 e. The number of halogens is 1. The monoisotopic (exact) mass is 392 g/mol. The number of benzene rings is 1. The Morgan fingerprint density at radius 2 is 1.84 bits per heavy atom. The fraction of sp³-hybridized carbons (Fsp3) is 0.357. The molecule has 25 heavy (non-hydrogen) atoms. The highest BCUT2D eigenvalue weighted by Gasteiger charge is 2.27. The molecule has 0 spiro atoms. The molecule has 0 aliphatic carbocycles. The molecule has 0 bridgehead atoms. The molecule has 0 saturated carbocycles. The number of hydrogen-bond acceptors (Lipinski definition) is 7. The number of alkyl carbamates (subject to hydrolysis) is 1. The van der Waals surface area contributed by atoms with Gasteiger partial charge < -0.3 is 9.47 Å². The van der Waals surface area contributed by atoms with E-state index in [9.17, 15) is 22.8 Å². The second kappa shape index (κ2) is 8.79. The minimum Gasteiger partial charge on any atom is -0.453 e. The number of sulfonamides is 1. The molecule has 0 heterocycles. The van der Waals surface area contributed by atoms with Crippen molar-refractivity contribution in [3.05, 3.63) is 29.3 Å². The van der Waals surface area contributed by atoms with Gasteiger partial charge in [-0.05, 0) is 32.0 Å². The number of carbonyl (C=O) groups excluding carboxylic acids is 3. The van der Waals surface area contributed by atoms with Crippen LogP contribution in [0.25, 0.3) is 0 Å². The van der Waals surface area contributed by atoms with E-state index in [0.29, 0.717) is 0 Å². The van der Waals surface area contributed by atoms with Crippen molar-refractivity contribution in [3.63, 3.8) is 0 Å². The molecule has 9 nitrogen and oxygen atoms in total. The predicted molar refractivity (Wildman–Crippen MR) is 87.3 cm³/mol. The van der Waals surface area contributed by atoms with Crippen molar-refractivity contribution in [3.8, 4) is 0 Å². The zero-order valence-electron chi connectivity index (χ0n) is 13.6. The van der Waals surface area contributed by atoms with E-state index in [1.165, 1.54) is 38.1 Å². The van der Waals surface area contributed by atoms with Crippen molar-refractivity contribution in [2.45, 2.75) is 30.9 Å². The van der Waals surface area contributed by atoms with Gasteiger partial charge in [-0.3, -0.25) is 14.9 Å². The summed E-state index contributed by atoms with van der Waals surface area (Å²) in [5.41, 5.74) is 0. The molecule has 0 aliphatic rings. The topological polar surface area (TPSA) is 128 Å². The Bertz CT molecular complexity index is 766. The van der Waals surface area contributed by atoms with Gasteiger partial charge in [-0.1, -0.05) is 17.7 Å². The molecule has 0 aliphatic heterocycles. The van der Waals surface area contributed by atoms with Crippen LogP contribution in [-0.4, -0.2) is 45.6 Å². The first-order chi connectivity index (χ1) is 11.6. The molecule has 138 valence electrons. The minimum absolute atomic E-state index is 0.129. The minimum atomic E-state index is -4.02. The van der Waals surface area contributed by atoms with Crippen molar-refractivity contribution >= 4 is 39.6 Å². The predicted octanol–water partition coefficient (Wildman–Crippen LogP) is 0.821. The van der Waals surface area contributed by atoms with E-state index in [4.69, 9.17) is 16.3 Å². The fourth-order valence-electron chi connectivity index (χ4n) is 1.57. The quantitative estimate of drug-likeness (QED) is 0.686. The molecule has 2 amide bonds. The Morgan fingerprint density at radius 1 is 1.20 bits per heavy atom. The van der Waals surface area contributed by atoms with Crippen LogP contribution in [0.1, 0.15) is 13.8 Å². The lowest BCUT2D eigenvalue weighted by Gasteiger charge is -2.17. The Morgan fingerprint density at radius 3 is 2.40 bits per heavy atom. The lowest BCUT2D eigenvalue weighted by atomic mass is 10.3.